The first-order chi connectivity index (χ1) is 14.3. The summed E-state index contributed by atoms with van der Waals surface area (Å²) >= 11 is 5.82. The van der Waals surface area contributed by atoms with Crippen LogP contribution in [0.2, 0.25) is 5.02 Å². The molecule has 30 heavy (non-hydrogen) atoms. The van der Waals surface area contributed by atoms with E-state index in [0.29, 0.717) is 16.4 Å². The highest BCUT2D eigenvalue weighted by Crippen LogP contribution is 2.26. The minimum atomic E-state index is -0.656. The zero-order valence-electron chi connectivity index (χ0n) is 16.1. The lowest BCUT2D eigenvalue weighted by molar-refractivity contribution is -0.384. The van der Waals surface area contributed by atoms with Crippen molar-refractivity contribution in [1.82, 2.24) is 9.78 Å². The van der Waals surface area contributed by atoms with Gasteiger partial charge < -0.3 is 10.1 Å². The Labute approximate surface area is 176 Å². The average molecular weight is 429 g/mol. The van der Waals surface area contributed by atoms with E-state index in [1.54, 1.807) is 38.1 Å². The number of nitrogens with one attached hydrogen (secondary N) is 1. The molecule has 154 valence electrons. The Bertz CT molecular complexity index is 1120. The van der Waals surface area contributed by atoms with E-state index < -0.39 is 16.8 Å². The average Bonchev–Trinajstić information content (AvgIpc) is 3.11. The molecule has 0 saturated heterocycles. The molecule has 0 spiro atoms. The van der Waals surface area contributed by atoms with Crippen LogP contribution in [0.25, 0.3) is 5.69 Å². The first-order valence-corrected chi connectivity index (χ1v) is 9.27. The zero-order chi connectivity index (χ0) is 21.8. The van der Waals surface area contributed by atoms with Gasteiger partial charge in [-0.2, -0.15) is 5.10 Å². The number of amides is 1. The molecule has 0 unspecified atom stereocenters. The quantitative estimate of drug-likeness (QED) is 0.357. The van der Waals surface area contributed by atoms with Gasteiger partial charge >= 0.3 is 5.97 Å². The smallest absolute Gasteiger partial charge is 0.357 e. The third-order valence-corrected chi connectivity index (χ3v) is 4.33. The lowest BCUT2D eigenvalue weighted by Crippen LogP contribution is -2.15. The summed E-state index contributed by atoms with van der Waals surface area (Å²) in [6.07, 6.45) is 0. The van der Waals surface area contributed by atoms with Crippen molar-refractivity contribution in [2.45, 2.75) is 13.8 Å². The van der Waals surface area contributed by atoms with Gasteiger partial charge in [0.2, 0.25) is 0 Å². The minimum absolute atomic E-state index is 0.0409. The van der Waals surface area contributed by atoms with Crippen LogP contribution >= 0.6 is 11.6 Å². The number of rotatable bonds is 6. The minimum Gasteiger partial charge on any atom is -0.461 e. The molecule has 1 heterocycles. The number of aryl methyl sites for hydroxylation is 1. The maximum atomic E-state index is 12.5. The Kier molecular flexibility index (Phi) is 6.12. The molecule has 0 fully saturated rings. The number of carbonyl (C=O) groups excluding carboxylic acids is 2. The van der Waals surface area contributed by atoms with Gasteiger partial charge in [0.15, 0.2) is 5.69 Å². The van der Waals surface area contributed by atoms with Crippen LogP contribution in [0, 0.1) is 17.0 Å². The number of carbonyl (C=O) groups is 2. The summed E-state index contributed by atoms with van der Waals surface area (Å²) in [4.78, 5) is 35.8. The predicted octanol–water partition coefficient (Wildman–Crippen LogP) is 4.17. The Balaban J connectivity index is 1.99. The number of hydrogen-bond donors (Lipinski definition) is 1. The molecular formula is C20H17ClN4O5. The molecule has 10 heteroatoms. The summed E-state index contributed by atoms with van der Waals surface area (Å²) in [5, 5.41) is 19.0. The molecule has 3 aromatic rings. The van der Waals surface area contributed by atoms with E-state index in [-0.39, 0.29) is 29.2 Å². The van der Waals surface area contributed by atoms with Crippen molar-refractivity contribution in [1.29, 1.82) is 0 Å². The van der Waals surface area contributed by atoms with Crippen molar-refractivity contribution in [3.8, 4) is 5.69 Å². The summed E-state index contributed by atoms with van der Waals surface area (Å²) in [5.74, 6) is -1.19. The molecular weight excluding hydrogens is 412 g/mol. The summed E-state index contributed by atoms with van der Waals surface area (Å²) in [7, 11) is 0. The van der Waals surface area contributed by atoms with E-state index in [0.717, 1.165) is 10.7 Å². The third kappa shape index (κ3) is 4.47. The molecule has 0 saturated carbocycles. The Morgan fingerprint density at radius 1 is 1.20 bits per heavy atom. The second-order valence-corrected chi connectivity index (χ2v) is 6.66. The SMILES string of the molecule is CCOC(=O)c1cc(C)nn1-c1ccc(C(=O)Nc2ccc(Cl)cc2)cc1[N+](=O)[O-]. The van der Waals surface area contributed by atoms with Gasteiger partial charge in [-0.05, 0) is 56.3 Å². The van der Waals surface area contributed by atoms with Crippen LogP contribution in [0.1, 0.15) is 33.5 Å². The molecule has 0 aliphatic rings. The van der Waals surface area contributed by atoms with Gasteiger partial charge in [0.05, 0.1) is 17.2 Å². The molecule has 2 aromatic carbocycles. The maximum absolute atomic E-state index is 12.5. The van der Waals surface area contributed by atoms with Gasteiger partial charge in [0, 0.05) is 22.3 Å². The number of ether oxygens (including phenoxy) is 1. The van der Waals surface area contributed by atoms with Crippen molar-refractivity contribution in [3.05, 3.63) is 80.6 Å². The summed E-state index contributed by atoms with van der Waals surface area (Å²) in [6, 6.07) is 11.8. The lowest BCUT2D eigenvalue weighted by atomic mass is 10.1. The summed E-state index contributed by atoms with van der Waals surface area (Å²) < 4.78 is 6.14. The fourth-order valence-electron chi connectivity index (χ4n) is 2.76. The molecule has 0 aliphatic heterocycles. The Morgan fingerprint density at radius 3 is 2.53 bits per heavy atom. The molecule has 3 rings (SSSR count). The number of halogens is 1. The van der Waals surface area contributed by atoms with Crippen molar-refractivity contribution < 1.29 is 19.2 Å². The summed E-state index contributed by atoms with van der Waals surface area (Å²) in [5.41, 5.74) is 0.754. The van der Waals surface area contributed by atoms with Crippen molar-refractivity contribution in [2.75, 3.05) is 11.9 Å². The highest BCUT2D eigenvalue weighted by atomic mass is 35.5. The van der Waals surface area contributed by atoms with Crippen LogP contribution in [0.15, 0.2) is 48.5 Å². The van der Waals surface area contributed by atoms with Crippen LogP contribution in [0.5, 0.6) is 0 Å². The first kappa shape index (κ1) is 21.0. The standard InChI is InChI=1S/C20H17ClN4O5/c1-3-30-20(27)18-10-12(2)23-24(18)16-9-4-13(11-17(16)25(28)29)19(26)22-15-7-5-14(21)6-8-15/h4-11H,3H2,1-2H3,(H,22,26). The van der Waals surface area contributed by atoms with E-state index in [9.17, 15) is 19.7 Å². The first-order valence-electron chi connectivity index (χ1n) is 8.89. The van der Waals surface area contributed by atoms with Gasteiger partial charge in [-0.3, -0.25) is 14.9 Å². The number of nitrogens with zero attached hydrogens (tertiary/aromatic N) is 3. The van der Waals surface area contributed by atoms with Crippen molar-refractivity contribution >= 4 is 34.9 Å². The second-order valence-electron chi connectivity index (χ2n) is 6.22. The predicted molar refractivity (Wildman–Crippen MR) is 110 cm³/mol. The normalized spacial score (nSPS) is 10.5. The van der Waals surface area contributed by atoms with E-state index in [4.69, 9.17) is 16.3 Å². The van der Waals surface area contributed by atoms with Crippen molar-refractivity contribution in [3.63, 3.8) is 0 Å². The van der Waals surface area contributed by atoms with E-state index in [1.165, 1.54) is 18.2 Å². The number of nitro groups is 1. The zero-order valence-corrected chi connectivity index (χ0v) is 16.8. The molecule has 0 radical (unpaired) electrons. The Hall–Kier alpha value is -3.72. The molecule has 0 aliphatic carbocycles. The van der Waals surface area contributed by atoms with E-state index in [1.807, 2.05) is 0 Å². The fraction of sp³-hybridized carbons (Fsp3) is 0.150. The number of anilines is 1. The second kappa shape index (κ2) is 8.75. The topological polar surface area (TPSA) is 116 Å². The number of esters is 1. The third-order valence-electron chi connectivity index (χ3n) is 4.08. The van der Waals surface area contributed by atoms with Gasteiger partial charge in [-0.25, -0.2) is 9.48 Å². The van der Waals surface area contributed by atoms with Crippen LogP contribution in [0.3, 0.4) is 0 Å². The monoisotopic (exact) mass is 428 g/mol. The highest BCUT2D eigenvalue weighted by Gasteiger charge is 2.24. The van der Waals surface area contributed by atoms with Crippen LogP contribution in [-0.4, -0.2) is 33.2 Å². The molecule has 0 atom stereocenters. The maximum Gasteiger partial charge on any atom is 0.357 e. The molecule has 1 N–H and O–H groups in total. The number of nitro benzene ring substituents is 1. The van der Waals surface area contributed by atoms with Gasteiger partial charge in [0.25, 0.3) is 11.6 Å². The van der Waals surface area contributed by atoms with E-state index >= 15 is 0 Å². The van der Waals surface area contributed by atoms with Gasteiger partial charge in [0.1, 0.15) is 5.69 Å². The number of benzene rings is 2. The van der Waals surface area contributed by atoms with Crippen molar-refractivity contribution in [2.24, 2.45) is 0 Å². The van der Waals surface area contributed by atoms with Crippen LogP contribution < -0.4 is 5.32 Å². The molecule has 1 amide bonds. The number of hydrogen-bond acceptors (Lipinski definition) is 6. The van der Waals surface area contributed by atoms with Gasteiger partial charge in [-0.1, -0.05) is 11.6 Å². The summed E-state index contributed by atoms with van der Waals surface area (Å²) in [6.45, 7) is 3.45. The highest BCUT2D eigenvalue weighted by molar-refractivity contribution is 6.30. The molecule has 9 nitrogen and oxygen atoms in total. The van der Waals surface area contributed by atoms with Gasteiger partial charge in [-0.15, -0.1) is 0 Å². The lowest BCUT2D eigenvalue weighted by Gasteiger charge is -2.10. The van der Waals surface area contributed by atoms with E-state index in [2.05, 4.69) is 10.4 Å². The molecule has 0 bridgehead atoms. The largest absolute Gasteiger partial charge is 0.461 e. The number of aromatic nitrogens is 2. The van der Waals surface area contributed by atoms with Crippen LogP contribution in [-0.2, 0) is 4.74 Å². The fourth-order valence-corrected chi connectivity index (χ4v) is 2.89. The van der Waals surface area contributed by atoms with Crippen LogP contribution in [0.4, 0.5) is 11.4 Å². The Morgan fingerprint density at radius 2 is 1.90 bits per heavy atom. The molecule has 1 aromatic heterocycles.